The number of rotatable bonds is 10. The monoisotopic (exact) mass is 562 g/mol. The lowest BCUT2D eigenvalue weighted by Gasteiger charge is -2.30. The number of halogens is 1. The standard InChI is InChI=1S/C32H39FN4O4/c1-5-22(6-2)34-32(39)35-23-10-12-24(13-11-23)40-26-14-15-29(28(33)20-26)36-31(38)27-9-7-8-21(3)30(27)41-25-16-18-37(4)19-17-25/h7-15,20,22,25H,5-6,16-19H2,1-4H3,(H,36,38)(H2,34,35,39). The Hall–Kier alpha value is -4.11. The van der Waals surface area contributed by atoms with Gasteiger partial charge in [0.2, 0.25) is 0 Å². The van der Waals surface area contributed by atoms with Crippen molar-refractivity contribution in [1.82, 2.24) is 10.2 Å². The van der Waals surface area contributed by atoms with Gasteiger partial charge >= 0.3 is 6.03 Å². The van der Waals surface area contributed by atoms with E-state index >= 15 is 4.39 Å². The van der Waals surface area contributed by atoms with Gasteiger partial charge in [-0.05, 0) is 87.7 Å². The highest BCUT2D eigenvalue weighted by Crippen LogP contribution is 2.30. The van der Waals surface area contributed by atoms with Crippen molar-refractivity contribution < 1.29 is 23.5 Å². The summed E-state index contributed by atoms with van der Waals surface area (Å²) in [5.41, 5.74) is 1.87. The number of carbonyl (C=O) groups is 2. The summed E-state index contributed by atoms with van der Waals surface area (Å²) in [6.45, 7) is 7.83. The van der Waals surface area contributed by atoms with Crippen LogP contribution in [0.1, 0.15) is 55.5 Å². The molecule has 0 aromatic heterocycles. The van der Waals surface area contributed by atoms with E-state index in [-0.39, 0.29) is 29.6 Å². The van der Waals surface area contributed by atoms with E-state index in [1.807, 2.05) is 26.8 Å². The second kappa shape index (κ2) is 14.0. The van der Waals surface area contributed by atoms with Crippen molar-refractivity contribution in [2.45, 2.75) is 58.6 Å². The second-order valence-corrected chi connectivity index (χ2v) is 10.4. The maximum Gasteiger partial charge on any atom is 0.319 e. The van der Waals surface area contributed by atoms with Gasteiger partial charge in [0.15, 0.2) is 0 Å². The quantitative estimate of drug-likeness (QED) is 0.248. The number of anilines is 2. The molecule has 41 heavy (non-hydrogen) atoms. The predicted molar refractivity (Wildman–Crippen MR) is 160 cm³/mol. The topological polar surface area (TPSA) is 91.9 Å². The number of amides is 3. The van der Waals surface area contributed by atoms with Crippen LogP contribution in [-0.2, 0) is 0 Å². The zero-order valence-corrected chi connectivity index (χ0v) is 24.1. The molecule has 0 radical (unpaired) electrons. The Morgan fingerprint density at radius 1 is 0.976 bits per heavy atom. The summed E-state index contributed by atoms with van der Waals surface area (Å²) < 4.78 is 27.1. The van der Waals surface area contributed by atoms with Gasteiger partial charge in [-0.1, -0.05) is 26.0 Å². The molecule has 0 bridgehead atoms. The number of para-hydroxylation sites is 1. The summed E-state index contributed by atoms with van der Waals surface area (Å²) in [6, 6.07) is 16.3. The zero-order valence-electron chi connectivity index (χ0n) is 24.1. The van der Waals surface area contributed by atoms with Gasteiger partial charge in [0.25, 0.3) is 5.91 Å². The smallest absolute Gasteiger partial charge is 0.319 e. The molecule has 0 unspecified atom stereocenters. The third-order valence-electron chi connectivity index (χ3n) is 7.26. The number of nitrogens with zero attached hydrogens (tertiary/aromatic N) is 1. The van der Waals surface area contributed by atoms with Crippen LogP contribution in [0.4, 0.5) is 20.6 Å². The molecule has 1 aliphatic rings. The number of piperidine rings is 1. The zero-order chi connectivity index (χ0) is 29.4. The van der Waals surface area contributed by atoms with Crippen LogP contribution >= 0.6 is 0 Å². The first-order valence-electron chi connectivity index (χ1n) is 14.2. The Kier molecular flexibility index (Phi) is 10.2. The van der Waals surface area contributed by atoms with E-state index in [0.29, 0.717) is 22.7 Å². The van der Waals surface area contributed by atoms with E-state index in [1.54, 1.807) is 42.5 Å². The highest BCUT2D eigenvalue weighted by molar-refractivity contribution is 6.06. The molecule has 1 aliphatic heterocycles. The number of ether oxygens (including phenoxy) is 2. The molecule has 1 heterocycles. The largest absolute Gasteiger partial charge is 0.489 e. The first-order valence-corrected chi connectivity index (χ1v) is 14.2. The minimum absolute atomic E-state index is 0.0310. The Bertz CT molecular complexity index is 1340. The summed E-state index contributed by atoms with van der Waals surface area (Å²) in [5, 5.41) is 8.39. The van der Waals surface area contributed by atoms with Crippen molar-refractivity contribution in [2.24, 2.45) is 0 Å². The first kappa shape index (κ1) is 29.9. The Balaban J connectivity index is 1.37. The maximum absolute atomic E-state index is 15.0. The van der Waals surface area contributed by atoms with Crippen LogP contribution in [0.15, 0.2) is 60.7 Å². The molecule has 8 nitrogen and oxygen atoms in total. The molecule has 1 saturated heterocycles. The first-order chi connectivity index (χ1) is 19.7. The molecular weight excluding hydrogens is 523 g/mol. The SMILES string of the molecule is CCC(CC)NC(=O)Nc1ccc(Oc2ccc(NC(=O)c3cccc(C)c3OC3CCN(C)CC3)c(F)c2)cc1. The lowest BCUT2D eigenvalue weighted by molar-refractivity contribution is 0.0987. The van der Waals surface area contributed by atoms with Crippen LogP contribution in [0.2, 0.25) is 0 Å². The molecule has 3 aromatic rings. The van der Waals surface area contributed by atoms with E-state index in [0.717, 1.165) is 44.3 Å². The van der Waals surface area contributed by atoms with E-state index in [4.69, 9.17) is 9.47 Å². The number of hydrogen-bond donors (Lipinski definition) is 3. The number of nitrogens with one attached hydrogen (secondary N) is 3. The fraction of sp³-hybridized carbons (Fsp3) is 0.375. The number of carbonyl (C=O) groups excluding carboxylic acids is 2. The fourth-order valence-electron chi connectivity index (χ4n) is 4.70. The summed E-state index contributed by atoms with van der Waals surface area (Å²) in [5.74, 6) is 0.209. The van der Waals surface area contributed by atoms with E-state index in [9.17, 15) is 9.59 Å². The Morgan fingerprint density at radius 2 is 1.66 bits per heavy atom. The second-order valence-electron chi connectivity index (χ2n) is 10.4. The molecule has 218 valence electrons. The number of urea groups is 1. The highest BCUT2D eigenvalue weighted by atomic mass is 19.1. The Labute approximate surface area is 241 Å². The number of hydrogen-bond acceptors (Lipinski definition) is 5. The van der Waals surface area contributed by atoms with E-state index in [1.165, 1.54) is 12.1 Å². The minimum Gasteiger partial charge on any atom is -0.489 e. The van der Waals surface area contributed by atoms with Gasteiger partial charge in [0.05, 0.1) is 11.3 Å². The van der Waals surface area contributed by atoms with Crippen LogP contribution in [0.25, 0.3) is 0 Å². The average molecular weight is 563 g/mol. The minimum atomic E-state index is -0.627. The number of aryl methyl sites for hydroxylation is 1. The van der Waals surface area contributed by atoms with Gasteiger partial charge in [-0.15, -0.1) is 0 Å². The molecule has 0 aliphatic carbocycles. The van der Waals surface area contributed by atoms with Gasteiger partial charge < -0.3 is 30.3 Å². The van der Waals surface area contributed by atoms with Gasteiger partial charge in [-0.2, -0.15) is 0 Å². The fourth-order valence-corrected chi connectivity index (χ4v) is 4.70. The van der Waals surface area contributed by atoms with Crippen LogP contribution < -0.4 is 25.4 Å². The van der Waals surface area contributed by atoms with Gasteiger partial charge in [0.1, 0.15) is 29.2 Å². The van der Waals surface area contributed by atoms with Crippen LogP contribution in [0.5, 0.6) is 17.2 Å². The lowest BCUT2D eigenvalue weighted by Crippen LogP contribution is -2.37. The van der Waals surface area contributed by atoms with Crippen molar-refractivity contribution in [2.75, 3.05) is 30.8 Å². The van der Waals surface area contributed by atoms with E-state index in [2.05, 4.69) is 27.9 Å². The van der Waals surface area contributed by atoms with Crippen molar-refractivity contribution in [3.8, 4) is 17.2 Å². The predicted octanol–water partition coefficient (Wildman–Crippen LogP) is 6.96. The van der Waals surface area contributed by atoms with Crippen molar-refractivity contribution in [1.29, 1.82) is 0 Å². The summed E-state index contributed by atoms with van der Waals surface area (Å²) in [7, 11) is 2.08. The lowest BCUT2D eigenvalue weighted by atomic mass is 10.1. The molecule has 9 heteroatoms. The highest BCUT2D eigenvalue weighted by Gasteiger charge is 2.23. The van der Waals surface area contributed by atoms with Crippen LogP contribution in [-0.4, -0.2) is 49.1 Å². The molecule has 1 fully saturated rings. The molecule has 4 rings (SSSR count). The third-order valence-corrected chi connectivity index (χ3v) is 7.26. The normalized spacial score (nSPS) is 14.0. The number of benzene rings is 3. The van der Waals surface area contributed by atoms with Crippen LogP contribution in [0.3, 0.4) is 0 Å². The molecule has 3 N–H and O–H groups in total. The Morgan fingerprint density at radius 3 is 2.32 bits per heavy atom. The molecular formula is C32H39FN4O4. The maximum atomic E-state index is 15.0. The molecule has 3 amide bonds. The van der Waals surface area contributed by atoms with Gasteiger partial charge in [-0.3, -0.25) is 4.79 Å². The molecule has 0 spiro atoms. The van der Waals surface area contributed by atoms with Crippen molar-refractivity contribution >= 4 is 23.3 Å². The molecule has 0 saturated carbocycles. The summed E-state index contributed by atoms with van der Waals surface area (Å²) >= 11 is 0. The molecule has 3 aromatic carbocycles. The van der Waals surface area contributed by atoms with Crippen LogP contribution in [0, 0.1) is 12.7 Å². The molecule has 0 atom stereocenters. The number of likely N-dealkylation sites (tertiary alicyclic amines) is 1. The third kappa shape index (κ3) is 8.20. The average Bonchev–Trinajstić information content (AvgIpc) is 2.96. The summed E-state index contributed by atoms with van der Waals surface area (Å²) in [4.78, 5) is 27.6. The van der Waals surface area contributed by atoms with Crippen molar-refractivity contribution in [3.05, 3.63) is 77.6 Å². The van der Waals surface area contributed by atoms with Gasteiger partial charge in [-0.25, -0.2) is 9.18 Å². The van der Waals surface area contributed by atoms with Crippen molar-refractivity contribution in [3.63, 3.8) is 0 Å². The van der Waals surface area contributed by atoms with E-state index < -0.39 is 11.7 Å². The summed E-state index contributed by atoms with van der Waals surface area (Å²) in [6.07, 6.45) is 3.51. The van der Waals surface area contributed by atoms with Gasteiger partial charge in [0, 0.05) is 30.9 Å².